The van der Waals surface area contributed by atoms with Gasteiger partial charge >= 0.3 is 5.97 Å². The van der Waals surface area contributed by atoms with E-state index in [-0.39, 0.29) is 5.56 Å². The van der Waals surface area contributed by atoms with Crippen molar-refractivity contribution in [2.24, 2.45) is 0 Å². The van der Waals surface area contributed by atoms with Gasteiger partial charge in [-0.05, 0) is 12.1 Å². The van der Waals surface area contributed by atoms with Gasteiger partial charge in [0.1, 0.15) is 0 Å². The van der Waals surface area contributed by atoms with Crippen LogP contribution in [0.2, 0.25) is 10.0 Å². The number of carbonyl (C=O) groups is 1. The maximum atomic E-state index is 13.2. The molecular formula is C13H8Cl2FNO2. The molecule has 0 saturated carbocycles. The van der Waals surface area contributed by atoms with Crippen LogP contribution in [0.3, 0.4) is 0 Å². The second kappa shape index (κ2) is 5.55. The molecule has 0 aliphatic heterocycles. The molecule has 1 heterocycles. The molecule has 19 heavy (non-hydrogen) atoms. The van der Waals surface area contributed by atoms with E-state index in [1.807, 2.05) is 0 Å². The van der Waals surface area contributed by atoms with E-state index in [2.05, 4.69) is 9.72 Å². The van der Waals surface area contributed by atoms with Crippen LogP contribution in [0.1, 0.15) is 10.4 Å². The molecule has 0 aliphatic carbocycles. The van der Waals surface area contributed by atoms with Gasteiger partial charge in [-0.3, -0.25) is 0 Å². The summed E-state index contributed by atoms with van der Waals surface area (Å²) in [5.41, 5.74) is 0.757. The number of rotatable bonds is 2. The Labute approximate surface area is 118 Å². The molecule has 2 aromatic rings. The third kappa shape index (κ3) is 2.69. The lowest BCUT2D eigenvalue weighted by molar-refractivity contribution is 0.0601. The van der Waals surface area contributed by atoms with Crippen molar-refractivity contribution in [3.63, 3.8) is 0 Å². The van der Waals surface area contributed by atoms with Gasteiger partial charge < -0.3 is 4.74 Å². The van der Waals surface area contributed by atoms with Gasteiger partial charge in [-0.2, -0.15) is 4.39 Å². The third-order valence-electron chi connectivity index (χ3n) is 2.51. The molecule has 0 unspecified atom stereocenters. The van der Waals surface area contributed by atoms with Crippen LogP contribution in [0, 0.1) is 5.95 Å². The zero-order valence-electron chi connectivity index (χ0n) is 9.78. The Balaban J connectivity index is 2.72. The van der Waals surface area contributed by atoms with Gasteiger partial charge in [0, 0.05) is 33.4 Å². The SMILES string of the molecule is COC(=O)c1cc(F)ncc1-c1c(Cl)cccc1Cl. The molecule has 1 aromatic heterocycles. The van der Waals surface area contributed by atoms with Crippen molar-refractivity contribution >= 4 is 29.2 Å². The molecule has 1 aromatic carbocycles. The summed E-state index contributed by atoms with van der Waals surface area (Å²) in [4.78, 5) is 15.2. The number of pyridine rings is 1. The van der Waals surface area contributed by atoms with Crippen molar-refractivity contribution in [1.29, 1.82) is 0 Å². The average Bonchev–Trinajstić information content (AvgIpc) is 2.39. The van der Waals surface area contributed by atoms with Gasteiger partial charge in [0.2, 0.25) is 5.95 Å². The van der Waals surface area contributed by atoms with E-state index in [1.165, 1.54) is 13.3 Å². The molecule has 0 atom stereocenters. The van der Waals surface area contributed by atoms with Crippen molar-refractivity contribution in [3.8, 4) is 11.1 Å². The first-order chi connectivity index (χ1) is 9.04. The van der Waals surface area contributed by atoms with Gasteiger partial charge in [0.05, 0.1) is 12.7 Å². The van der Waals surface area contributed by atoms with Crippen LogP contribution in [0.5, 0.6) is 0 Å². The summed E-state index contributed by atoms with van der Waals surface area (Å²) in [5, 5.41) is 0.678. The number of nitrogens with zero attached hydrogens (tertiary/aromatic N) is 1. The highest BCUT2D eigenvalue weighted by Crippen LogP contribution is 2.36. The molecular weight excluding hydrogens is 292 g/mol. The van der Waals surface area contributed by atoms with Crippen LogP contribution in [0.25, 0.3) is 11.1 Å². The van der Waals surface area contributed by atoms with Gasteiger partial charge in [0.25, 0.3) is 0 Å². The molecule has 0 amide bonds. The summed E-state index contributed by atoms with van der Waals surface area (Å²) in [6.07, 6.45) is 1.20. The van der Waals surface area contributed by atoms with E-state index in [9.17, 15) is 9.18 Å². The standard InChI is InChI=1S/C13H8Cl2FNO2/c1-19-13(18)7-5-11(16)17-6-8(7)12-9(14)3-2-4-10(12)15/h2-6H,1H3. The minimum absolute atomic E-state index is 0.0185. The minimum atomic E-state index is -0.785. The van der Waals surface area contributed by atoms with Crippen molar-refractivity contribution in [1.82, 2.24) is 4.98 Å². The fraction of sp³-hybridized carbons (Fsp3) is 0.0769. The van der Waals surface area contributed by atoms with Gasteiger partial charge in [-0.15, -0.1) is 0 Å². The summed E-state index contributed by atoms with van der Waals surface area (Å²) in [6, 6.07) is 5.89. The zero-order valence-corrected chi connectivity index (χ0v) is 11.3. The lowest BCUT2D eigenvalue weighted by Crippen LogP contribution is -2.05. The third-order valence-corrected chi connectivity index (χ3v) is 3.14. The van der Waals surface area contributed by atoms with Crippen molar-refractivity contribution in [2.75, 3.05) is 7.11 Å². The van der Waals surface area contributed by atoms with E-state index < -0.39 is 11.9 Å². The molecule has 0 radical (unpaired) electrons. The Morgan fingerprint density at radius 2 is 1.95 bits per heavy atom. The summed E-state index contributed by atoms with van der Waals surface area (Å²) in [7, 11) is 1.21. The Morgan fingerprint density at radius 3 is 2.53 bits per heavy atom. The van der Waals surface area contributed by atoms with Crippen molar-refractivity contribution in [2.45, 2.75) is 0 Å². The van der Waals surface area contributed by atoms with E-state index in [0.29, 0.717) is 21.2 Å². The van der Waals surface area contributed by atoms with Crippen LogP contribution in [-0.4, -0.2) is 18.1 Å². The van der Waals surface area contributed by atoms with E-state index in [0.717, 1.165) is 6.07 Å². The zero-order chi connectivity index (χ0) is 14.0. The Hall–Kier alpha value is -1.65. The molecule has 6 heteroatoms. The first kappa shape index (κ1) is 13.8. The predicted octanol–water partition coefficient (Wildman–Crippen LogP) is 3.98. The average molecular weight is 300 g/mol. The normalized spacial score (nSPS) is 10.3. The van der Waals surface area contributed by atoms with Crippen LogP contribution in [0.15, 0.2) is 30.5 Å². The van der Waals surface area contributed by atoms with Gasteiger partial charge in [-0.1, -0.05) is 29.3 Å². The minimum Gasteiger partial charge on any atom is -0.465 e. The second-order valence-electron chi connectivity index (χ2n) is 3.64. The fourth-order valence-corrected chi connectivity index (χ4v) is 2.26. The number of esters is 1. The Kier molecular flexibility index (Phi) is 4.02. The first-order valence-electron chi connectivity index (χ1n) is 5.23. The van der Waals surface area contributed by atoms with Crippen LogP contribution < -0.4 is 0 Å². The number of halogens is 3. The lowest BCUT2D eigenvalue weighted by atomic mass is 10.0. The lowest BCUT2D eigenvalue weighted by Gasteiger charge is -2.10. The number of methoxy groups -OCH3 is 1. The van der Waals surface area contributed by atoms with Crippen molar-refractivity contribution < 1.29 is 13.9 Å². The molecule has 0 fully saturated rings. The molecule has 0 bridgehead atoms. The number of hydrogen-bond acceptors (Lipinski definition) is 3. The number of ether oxygens (including phenoxy) is 1. The maximum Gasteiger partial charge on any atom is 0.338 e. The highest BCUT2D eigenvalue weighted by Gasteiger charge is 2.19. The van der Waals surface area contributed by atoms with E-state index >= 15 is 0 Å². The fourth-order valence-electron chi connectivity index (χ4n) is 1.66. The number of aromatic nitrogens is 1. The number of carbonyl (C=O) groups excluding carboxylic acids is 1. The maximum absolute atomic E-state index is 13.2. The van der Waals surface area contributed by atoms with Gasteiger partial charge in [0.15, 0.2) is 0 Å². The predicted molar refractivity (Wildman–Crippen MR) is 71.0 cm³/mol. The van der Waals surface area contributed by atoms with Gasteiger partial charge in [-0.25, -0.2) is 9.78 Å². The highest BCUT2D eigenvalue weighted by molar-refractivity contribution is 6.39. The van der Waals surface area contributed by atoms with Crippen LogP contribution >= 0.6 is 23.2 Å². The van der Waals surface area contributed by atoms with Crippen LogP contribution in [0.4, 0.5) is 4.39 Å². The molecule has 2 rings (SSSR count). The first-order valence-corrected chi connectivity index (χ1v) is 5.98. The molecule has 3 nitrogen and oxygen atoms in total. The highest BCUT2D eigenvalue weighted by atomic mass is 35.5. The Morgan fingerprint density at radius 1 is 1.32 bits per heavy atom. The second-order valence-corrected chi connectivity index (χ2v) is 4.46. The smallest absolute Gasteiger partial charge is 0.338 e. The number of benzene rings is 1. The summed E-state index contributed by atoms with van der Waals surface area (Å²) in [6.45, 7) is 0. The van der Waals surface area contributed by atoms with Crippen LogP contribution in [-0.2, 0) is 4.74 Å². The quantitative estimate of drug-likeness (QED) is 0.622. The molecule has 0 aliphatic rings. The Bertz CT molecular complexity index is 626. The molecule has 0 spiro atoms. The monoisotopic (exact) mass is 299 g/mol. The molecule has 98 valence electrons. The summed E-state index contributed by atoms with van der Waals surface area (Å²) < 4.78 is 17.8. The largest absolute Gasteiger partial charge is 0.465 e. The van der Waals surface area contributed by atoms with E-state index in [1.54, 1.807) is 18.2 Å². The van der Waals surface area contributed by atoms with E-state index in [4.69, 9.17) is 23.2 Å². The molecule has 0 N–H and O–H groups in total. The topological polar surface area (TPSA) is 39.2 Å². The summed E-state index contributed by atoms with van der Waals surface area (Å²) >= 11 is 12.1. The number of hydrogen-bond donors (Lipinski definition) is 0. The summed E-state index contributed by atoms with van der Waals surface area (Å²) in [5.74, 6) is -1.47. The molecule has 0 saturated heterocycles. The van der Waals surface area contributed by atoms with Crippen molar-refractivity contribution in [3.05, 3.63) is 52.0 Å².